The predicted molar refractivity (Wildman–Crippen MR) is 70.4 cm³/mol. The van der Waals surface area contributed by atoms with Gasteiger partial charge in [-0.2, -0.15) is 0 Å². The minimum atomic E-state index is -0.649. The van der Waals surface area contributed by atoms with Crippen molar-refractivity contribution in [3.05, 3.63) is 35.4 Å². The molecule has 5 heteroatoms. The maximum Gasteiger partial charge on any atom is 0.239 e. The van der Waals surface area contributed by atoms with Crippen molar-refractivity contribution in [1.82, 2.24) is 4.90 Å². The molecular weight excluding hydrogens is 250 g/mol. The smallest absolute Gasteiger partial charge is 0.239 e. The molecule has 0 spiro atoms. The highest BCUT2D eigenvalue weighted by Gasteiger charge is 2.26. The molecule has 0 radical (unpaired) electrons. The lowest BCUT2D eigenvalue weighted by molar-refractivity contribution is -0.134. The van der Waals surface area contributed by atoms with Gasteiger partial charge in [-0.25, -0.2) is 8.78 Å². The molecule has 3 nitrogen and oxygen atoms in total. The van der Waals surface area contributed by atoms with Crippen LogP contribution in [-0.2, 0) is 4.79 Å². The average molecular weight is 270 g/mol. The standard InChI is InChI=1S/C14H20F2N2O/c1-8(2)13(17)14(19)18(4)9(3)11-7-10(15)5-6-12(11)16/h5-9,13H,17H2,1-4H3/t9?,13-/m1/s1. The molecule has 2 N–H and O–H groups in total. The second-order valence-electron chi connectivity index (χ2n) is 5.06. The molecule has 1 rings (SSSR count). The summed E-state index contributed by atoms with van der Waals surface area (Å²) in [5.74, 6) is -1.37. The molecular formula is C14H20F2N2O. The fraction of sp³-hybridized carbons (Fsp3) is 0.500. The Kier molecular flexibility index (Phi) is 5.00. The Morgan fingerprint density at radius 1 is 1.26 bits per heavy atom. The van der Waals surface area contributed by atoms with Gasteiger partial charge in [-0.1, -0.05) is 13.8 Å². The van der Waals surface area contributed by atoms with Crippen LogP contribution < -0.4 is 5.73 Å². The maximum absolute atomic E-state index is 13.7. The zero-order valence-corrected chi connectivity index (χ0v) is 11.7. The average Bonchev–Trinajstić information content (AvgIpc) is 2.37. The van der Waals surface area contributed by atoms with E-state index in [-0.39, 0.29) is 17.4 Å². The summed E-state index contributed by atoms with van der Waals surface area (Å²) in [6, 6.07) is 1.98. The van der Waals surface area contributed by atoms with E-state index in [1.807, 2.05) is 13.8 Å². The van der Waals surface area contributed by atoms with Crippen LogP contribution in [0.4, 0.5) is 8.78 Å². The van der Waals surface area contributed by atoms with Crippen molar-refractivity contribution in [3.8, 4) is 0 Å². The van der Waals surface area contributed by atoms with Gasteiger partial charge in [0.15, 0.2) is 0 Å². The van der Waals surface area contributed by atoms with Crippen LogP contribution in [0.2, 0.25) is 0 Å². The topological polar surface area (TPSA) is 46.3 Å². The Balaban J connectivity index is 2.96. The van der Waals surface area contributed by atoms with E-state index < -0.39 is 23.7 Å². The third-order valence-corrected chi connectivity index (χ3v) is 3.34. The van der Waals surface area contributed by atoms with Gasteiger partial charge >= 0.3 is 0 Å². The van der Waals surface area contributed by atoms with Crippen molar-refractivity contribution >= 4 is 5.91 Å². The lowest BCUT2D eigenvalue weighted by Gasteiger charge is -2.29. The Labute approximate surface area is 112 Å². The van der Waals surface area contributed by atoms with Gasteiger partial charge < -0.3 is 10.6 Å². The van der Waals surface area contributed by atoms with Crippen molar-refractivity contribution in [2.24, 2.45) is 11.7 Å². The van der Waals surface area contributed by atoms with Crippen molar-refractivity contribution in [2.45, 2.75) is 32.9 Å². The number of amides is 1. The van der Waals surface area contributed by atoms with Crippen LogP contribution in [0.15, 0.2) is 18.2 Å². The molecule has 0 aliphatic heterocycles. The lowest BCUT2D eigenvalue weighted by Crippen LogP contribution is -2.45. The Morgan fingerprint density at radius 3 is 2.37 bits per heavy atom. The molecule has 0 bridgehead atoms. The van der Waals surface area contributed by atoms with Gasteiger partial charge in [-0.05, 0) is 31.0 Å². The highest BCUT2D eigenvalue weighted by Crippen LogP contribution is 2.23. The Bertz CT molecular complexity index is 463. The minimum Gasteiger partial charge on any atom is -0.338 e. The zero-order chi connectivity index (χ0) is 14.7. The van der Waals surface area contributed by atoms with E-state index in [0.29, 0.717) is 0 Å². The first kappa shape index (κ1) is 15.6. The number of likely N-dealkylation sites (N-methyl/N-ethyl adjacent to an activating group) is 1. The van der Waals surface area contributed by atoms with Gasteiger partial charge in [0, 0.05) is 12.6 Å². The minimum absolute atomic E-state index is 0.0143. The molecule has 1 unspecified atom stereocenters. The summed E-state index contributed by atoms with van der Waals surface area (Å²) in [5.41, 5.74) is 5.93. The third kappa shape index (κ3) is 3.50. The largest absolute Gasteiger partial charge is 0.338 e. The quantitative estimate of drug-likeness (QED) is 0.913. The summed E-state index contributed by atoms with van der Waals surface area (Å²) in [6.07, 6.45) is 0. The second kappa shape index (κ2) is 6.10. The van der Waals surface area contributed by atoms with E-state index in [9.17, 15) is 13.6 Å². The normalized spacial score (nSPS) is 14.3. The molecule has 0 fully saturated rings. The molecule has 1 aromatic rings. The number of carbonyl (C=O) groups is 1. The summed E-state index contributed by atoms with van der Waals surface area (Å²) < 4.78 is 26.8. The lowest BCUT2D eigenvalue weighted by atomic mass is 10.0. The monoisotopic (exact) mass is 270 g/mol. The fourth-order valence-corrected chi connectivity index (χ4v) is 1.75. The summed E-state index contributed by atoms with van der Waals surface area (Å²) in [4.78, 5) is 13.4. The molecule has 0 heterocycles. The van der Waals surface area contributed by atoms with Crippen molar-refractivity contribution in [1.29, 1.82) is 0 Å². The molecule has 106 valence electrons. The molecule has 19 heavy (non-hydrogen) atoms. The van der Waals surface area contributed by atoms with Crippen LogP contribution in [0, 0.1) is 17.6 Å². The van der Waals surface area contributed by atoms with Gasteiger partial charge in [0.05, 0.1) is 12.1 Å². The van der Waals surface area contributed by atoms with Gasteiger partial charge in [0.1, 0.15) is 11.6 Å². The van der Waals surface area contributed by atoms with Crippen LogP contribution in [0.25, 0.3) is 0 Å². The SMILES string of the molecule is CC(C)[C@@H](N)C(=O)N(C)C(C)c1cc(F)ccc1F. The summed E-state index contributed by atoms with van der Waals surface area (Å²) in [5, 5.41) is 0. The van der Waals surface area contributed by atoms with Crippen molar-refractivity contribution < 1.29 is 13.6 Å². The van der Waals surface area contributed by atoms with E-state index in [1.54, 1.807) is 14.0 Å². The first-order chi connectivity index (χ1) is 8.75. The van der Waals surface area contributed by atoms with Crippen molar-refractivity contribution in [2.75, 3.05) is 7.05 Å². The molecule has 0 saturated carbocycles. The summed E-state index contributed by atoms with van der Waals surface area (Å²) >= 11 is 0. The number of nitrogens with two attached hydrogens (primary N) is 1. The fourth-order valence-electron chi connectivity index (χ4n) is 1.75. The van der Waals surface area contributed by atoms with Crippen LogP contribution in [0.1, 0.15) is 32.4 Å². The van der Waals surface area contributed by atoms with E-state index in [2.05, 4.69) is 0 Å². The van der Waals surface area contributed by atoms with E-state index >= 15 is 0 Å². The zero-order valence-electron chi connectivity index (χ0n) is 11.7. The van der Waals surface area contributed by atoms with E-state index in [4.69, 9.17) is 5.73 Å². The predicted octanol–water partition coefficient (Wildman–Crippen LogP) is 2.47. The number of halogens is 2. The highest BCUT2D eigenvalue weighted by atomic mass is 19.1. The number of carbonyl (C=O) groups excluding carboxylic acids is 1. The molecule has 2 atom stereocenters. The van der Waals surface area contributed by atoms with Crippen LogP contribution in [0.3, 0.4) is 0 Å². The summed E-state index contributed by atoms with van der Waals surface area (Å²) in [6.45, 7) is 5.32. The van der Waals surface area contributed by atoms with Crippen LogP contribution in [-0.4, -0.2) is 23.9 Å². The second-order valence-corrected chi connectivity index (χ2v) is 5.06. The molecule has 0 aromatic heterocycles. The van der Waals surface area contributed by atoms with E-state index in [1.165, 1.54) is 4.90 Å². The molecule has 0 saturated heterocycles. The van der Waals surface area contributed by atoms with E-state index in [0.717, 1.165) is 18.2 Å². The first-order valence-electron chi connectivity index (χ1n) is 6.23. The summed E-state index contributed by atoms with van der Waals surface area (Å²) in [7, 11) is 1.54. The molecule has 1 aromatic carbocycles. The van der Waals surface area contributed by atoms with Crippen LogP contribution in [0.5, 0.6) is 0 Å². The number of nitrogens with zero attached hydrogens (tertiary/aromatic N) is 1. The Hall–Kier alpha value is -1.49. The van der Waals surface area contributed by atoms with Crippen LogP contribution >= 0.6 is 0 Å². The maximum atomic E-state index is 13.7. The van der Waals surface area contributed by atoms with Gasteiger partial charge in [-0.15, -0.1) is 0 Å². The van der Waals surface area contributed by atoms with Gasteiger partial charge in [-0.3, -0.25) is 4.79 Å². The number of benzene rings is 1. The van der Waals surface area contributed by atoms with Crippen molar-refractivity contribution in [3.63, 3.8) is 0 Å². The first-order valence-corrected chi connectivity index (χ1v) is 6.23. The number of hydrogen-bond acceptors (Lipinski definition) is 2. The molecule has 1 amide bonds. The number of rotatable bonds is 4. The molecule has 0 aliphatic carbocycles. The number of hydrogen-bond donors (Lipinski definition) is 1. The Morgan fingerprint density at radius 2 is 1.84 bits per heavy atom. The molecule has 0 aliphatic rings. The highest BCUT2D eigenvalue weighted by molar-refractivity contribution is 5.82. The third-order valence-electron chi connectivity index (χ3n) is 3.34. The van der Waals surface area contributed by atoms with Gasteiger partial charge in [0.2, 0.25) is 5.91 Å². The van der Waals surface area contributed by atoms with Gasteiger partial charge in [0.25, 0.3) is 0 Å².